The third-order valence-electron chi connectivity index (χ3n) is 4.95. The number of rotatable bonds is 7. The summed E-state index contributed by atoms with van der Waals surface area (Å²) in [5.41, 5.74) is -0.230. The Bertz CT molecular complexity index is 1320. The molecule has 0 bridgehead atoms. The van der Waals surface area contributed by atoms with Crippen LogP contribution in [0.25, 0.3) is 5.82 Å². The lowest BCUT2D eigenvalue weighted by Gasteiger charge is -2.27. The summed E-state index contributed by atoms with van der Waals surface area (Å²) in [7, 11) is 3.26. The van der Waals surface area contributed by atoms with Crippen LogP contribution >= 0.6 is 22.9 Å². The van der Waals surface area contributed by atoms with E-state index in [4.69, 9.17) is 16.3 Å². The van der Waals surface area contributed by atoms with Crippen molar-refractivity contribution in [3.05, 3.63) is 63.1 Å². The molecule has 4 heterocycles. The maximum Gasteiger partial charge on any atom is 0.273 e. The first-order valence-electron chi connectivity index (χ1n) is 9.43. The molecule has 1 unspecified atom stereocenters. The normalized spacial score (nSPS) is 13.0. The molecule has 0 fully saturated rings. The molecule has 0 aliphatic heterocycles. The molecule has 10 nitrogen and oxygen atoms in total. The Balaban J connectivity index is 1.60. The summed E-state index contributed by atoms with van der Waals surface area (Å²) in [6.07, 6.45) is 3.67. The van der Waals surface area contributed by atoms with Gasteiger partial charge in [-0.05, 0) is 6.92 Å². The highest BCUT2D eigenvalue weighted by Crippen LogP contribution is 2.39. The van der Waals surface area contributed by atoms with E-state index in [-0.39, 0.29) is 18.1 Å². The molecule has 33 heavy (non-hydrogen) atoms. The maximum absolute atomic E-state index is 14.0. The summed E-state index contributed by atoms with van der Waals surface area (Å²) in [5.74, 6) is -2.13. The summed E-state index contributed by atoms with van der Waals surface area (Å²) in [6.45, 7) is 1.96. The number of aryl methyl sites for hydroxylation is 1. The van der Waals surface area contributed by atoms with Crippen molar-refractivity contribution in [1.29, 1.82) is 0 Å². The number of hydrogen-bond acceptors (Lipinski definition) is 8. The van der Waals surface area contributed by atoms with E-state index < -0.39 is 23.0 Å². The average molecular weight is 495 g/mol. The second-order valence-corrected chi connectivity index (χ2v) is 8.43. The van der Waals surface area contributed by atoms with Crippen molar-refractivity contribution in [2.75, 3.05) is 13.7 Å². The summed E-state index contributed by atoms with van der Waals surface area (Å²) in [6, 6.07) is 0.662. The number of methoxy groups -OCH3 is 1. The zero-order valence-electron chi connectivity index (χ0n) is 17.6. The van der Waals surface area contributed by atoms with Gasteiger partial charge in [0.25, 0.3) is 5.91 Å². The Morgan fingerprint density at radius 2 is 2.15 bits per heavy atom. The number of nitrogens with zero attached hydrogens (tertiary/aromatic N) is 7. The van der Waals surface area contributed by atoms with Gasteiger partial charge in [0.15, 0.2) is 17.3 Å². The largest absolute Gasteiger partial charge is 0.481 e. The van der Waals surface area contributed by atoms with E-state index in [0.29, 0.717) is 27.7 Å². The van der Waals surface area contributed by atoms with Crippen LogP contribution in [-0.4, -0.2) is 54.3 Å². The Morgan fingerprint density at radius 1 is 1.36 bits per heavy atom. The minimum absolute atomic E-state index is 0.0850. The molecule has 1 N–H and O–H groups in total. The van der Waals surface area contributed by atoms with Crippen LogP contribution in [0.1, 0.15) is 28.0 Å². The standard InChI is InChI=1S/C19H17ClF2N8O2S/c1-19(18-26-14(20)8-33-18,11-6-25-29(2)17(11)32-3)9-24-16(31)13-7-30(28-27-13)15-12(22)4-10(21)5-23-15/h4-8H,9H2,1-3H3,(H,24,31). The highest BCUT2D eigenvalue weighted by atomic mass is 35.5. The number of halogens is 3. The molecule has 1 atom stereocenters. The van der Waals surface area contributed by atoms with Gasteiger partial charge < -0.3 is 10.1 Å². The van der Waals surface area contributed by atoms with E-state index in [0.717, 1.165) is 10.9 Å². The molecule has 172 valence electrons. The van der Waals surface area contributed by atoms with Gasteiger partial charge in [-0.15, -0.1) is 16.4 Å². The highest BCUT2D eigenvalue weighted by Gasteiger charge is 2.37. The lowest BCUT2D eigenvalue weighted by Crippen LogP contribution is -2.39. The Hall–Kier alpha value is -3.45. The van der Waals surface area contributed by atoms with Crippen molar-refractivity contribution >= 4 is 28.8 Å². The zero-order chi connectivity index (χ0) is 23.8. The SMILES string of the molecule is COc1c(C(C)(CNC(=O)c2cn(-c3ncc(F)cc3F)nn2)c2nc(Cl)cs2)cnn1C. The lowest BCUT2D eigenvalue weighted by atomic mass is 9.84. The topological polar surface area (TPSA) is 113 Å². The van der Waals surface area contributed by atoms with Gasteiger partial charge in [-0.1, -0.05) is 16.8 Å². The number of pyridine rings is 1. The molecule has 4 rings (SSSR count). The maximum atomic E-state index is 14.0. The number of hydrogen-bond donors (Lipinski definition) is 1. The smallest absolute Gasteiger partial charge is 0.273 e. The Morgan fingerprint density at radius 3 is 2.82 bits per heavy atom. The van der Waals surface area contributed by atoms with Crippen LogP contribution in [0.2, 0.25) is 5.15 Å². The minimum Gasteiger partial charge on any atom is -0.481 e. The van der Waals surface area contributed by atoms with Crippen molar-refractivity contribution in [2.24, 2.45) is 7.05 Å². The summed E-state index contributed by atoms with van der Waals surface area (Å²) < 4.78 is 35.1. The number of carbonyl (C=O) groups is 1. The van der Waals surface area contributed by atoms with Gasteiger partial charge in [0.2, 0.25) is 5.88 Å². The fourth-order valence-electron chi connectivity index (χ4n) is 3.24. The van der Waals surface area contributed by atoms with Gasteiger partial charge in [0, 0.05) is 30.6 Å². The zero-order valence-corrected chi connectivity index (χ0v) is 19.2. The number of nitrogens with one attached hydrogen (secondary N) is 1. The number of ether oxygens (including phenoxy) is 1. The number of thiazole rings is 1. The van der Waals surface area contributed by atoms with Crippen molar-refractivity contribution in [3.8, 4) is 11.7 Å². The van der Waals surface area contributed by atoms with Crippen LogP contribution in [0.4, 0.5) is 8.78 Å². The Labute approximate surface area is 195 Å². The first-order chi connectivity index (χ1) is 15.7. The quantitative estimate of drug-likeness (QED) is 0.420. The monoisotopic (exact) mass is 494 g/mol. The van der Waals surface area contributed by atoms with Gasteiger partial charge in [-0.2, -0.15) is 9.78 Å². The number of aromatic nitrogens is 7. The summed E-state index contributed by atoms with van der Waals surface area (Å²) >= 11 is 7.39. The molecule has 1 amide bonds. The van der Waals surface area contributed by atoms with Gasteiger partial charge >= 0.3 is 0 Å². The average Bonchev–Trinajstić information content (AvgIpc) is 3.52. The van der Waals surface area contributed by atoms with Crippen molar-refractivity contribution in [2.45, 2.75) is 12.3 Å². The molecule has 4 aromatic rings. The van der Waals surface area contributed by atoms with E-state index in [1.54, 1.807) is 23.3 Å². The molecule has 0 aliphatic carbocycles. The molecule has 0 radical (unpaired) electrons. The first-order valence-corrected chi connectivity index (χ1v) is 10.7. The van der Waals surface area contributed by atoms with Crippen molar-refractivity contribution in [3.63, 3.8) is 0 Å². The Kier molecular flexibility index (Phi) is 6.08. The summed E-state index contributed by atoms with van der Waals surface area (Å²) in [5, 5.41) is 17.2. The highest BCUT2D eigenvalue weighted by molar-refractivity contribution is 7.10. The van der Waals surface area contributed by atoms with E-state index in [9.17, 15) is 13.6 Å². The molecule has 0 saturated carbocycles. The van der Waals surface area contributed by atoms with Crippen molar-refractivity contribution in [1.82, 2.24) is 40.1 Å². The molecular weight excluding hydrogens is 478 g/mol. The van der Waals surface area contributed by atoms with Gasteiger partial charge in [0.05, 0.1) is 31.1 Å². The fraction of sp³-hybridized carbons (Fsp3) is 0.263. The van der Waals surface area contributed by atoms with E-state index in [2.05, 4.69) is 30.7 Å². The van der Waals surface area contributed by atoms with E-state index >= 15 is 0 Å². The van der Waals surface area contributed by atoms with Gasteiger partial charge in [-0.25, -0.2) is 23.4 Å². The minimum atomic E-state index is -0.941. The van der Waals surface area contributed by atoms with Crippen LogP contribution in [0.3, 0.4) is 0 Å². The van der Waals surface area contributed by atoms with Crippen LogP contribution in [0, 0.1) is 11.6 Å². The third kappa shape index (κ3) is 4.28. The van der Waals surface area contributed by atoms with E-state index in [1.807, 2.05) is 6.92 Å². The molecule has 0 spiro atoms. The predicted octanol–water partition coefficient (Wildman–Crippen LogP) is 2.53. The molecule has 0 aliphatic rings. The fourth-order valence-corrected chi connectivity index (χ4v) is 4.36. The predicted molar refractivity (Wildman–Crippen MR) is 115 cm³/mol. The van der Waals surface area contributed by atoms with Gasteiger partial charge in [0.1, 0.15) is 16.0 Å². The molecule has 4 aromatic heterocycles. The van der Waals surface area contributed by atoms with Crippen molar-refractivity contribution < 1.29 is 18.3 Å². The van der Waals surface area contributed by atoms with Crippen LogP contribution in [0.5, 0.6) is 5.88 Å². The van der Waals surface area contributed by atoms with Crippen LogP contribution < -0.4 is 10.1 Å². The van der Waals surface area contributed by atoms with Crippen LogP contribution in [0.15, 0.2) is 30.0 Å². The second-order valence-electron chi connectivity index (χ2n) is 7.19. The number of amides is 1. The lowest BCUT2D eigenvalue weighted by molar-refractivity contribution is 0.0942. The first kappa shape index (κ1) is 22.7. The molecule has 14 heteroatoms. The number of carbonyl (C=O) groups excluding carboxylic acids is 1. The van der Waals surface area contributed by atoms with E-state index in [1.165, 1.54) is 24.6 Å². The van der Waals surface area contributed by atoms with Gasteiger partial charge in [-0.3, -0.25) is 4.79 Å². The second kappa shape index (κ2) is 8.83. The third-order valence-corrected chi connectivity index (χ3v) is 6.38. The summed E-state index contributed by atoms with van der Waals surface area (Å²) in [4.78, 5) is 20.8. The molecule has 0 aromatic carbocycles. The van der Waals surface area contributed by atoms with Crippen LogP contribution in [-0.2, 0) is 12.5 Å². The molecule has 0 saturated heterocycles. The molecular formula is C19H17ClF2N8O2S.